The van der Waals surface area contributed by atoms with Gasteiger partial charge in [0.05, 0.1) is 18.7 Å². The van der Waals surface area contributed by atoms with Crippen LogP contribution in [-0.2, 0) is 0 Å². The lowest BCUT2D eigenvalue weighted by Crippen LogP contribution is -2.25. The van der Waals surface area contributed by atoms with E-state index < -0.39 is 0 Å². The number of fused-ring (bicyclic) bond motifs is 1. The largest absolute Gasteiger partial charge is 0.396 e. The molecule has 2 aromatic heterocycles. The number of rotatable bonds is 7. The van der Waals surface area contributed by atoms with Gasteiger partial charge in [0.15, 0.2) is 5.65 Å². The molecule has 2 heterocycles. The predicted octanol–water partition coefficient (Wildman–Crippen LogP) is 0.679. The second-order valence-electron chi connectivity index (χ2n) is 4.50. The molecule has 0 fully saturated rings. The van der Waals surface area contributed by atoms with Gasteiger partial charge in [0.25, 0.3) is 0 Å². The first kappa shape index (κ1) is 13.7. The molecule has 0 saturated heterocycles. The summed E-state index contributed by atoms with van der Waals surface area (Å²) in [6.45, 7) is 3.20. The lowest BCUT2D eigenvalue weighted by molar-refractivity contribution is 0.282. The van der Waals surface area contributed by atoms with Gasteiger partial charge in [-0.2, -0.15) is 4.98 Å². The summed E-state index contributed by atoms with van der Waals surface area (Å²) >= 11 is 0. The molecule has 0 radical (unpaired) electrons. The number of anilines is 1. The van der Waals surface area contributed by atoms with Crippen LogP contribution in [0.25, 0.3) is 11.2 Å². The molecule has 2 aromatic rings. The van der Waals surface area contributed by atoms with Crippen LogP contribution in [0, 0.1) is 0 Å². The first-order valence-corrected chi connectivity index (χ1v) is 6.51. The molecule has 1 atom stereocenters. The van der Waals surface area contributed by atoms with E-state index in [1.807, 2.05) is 11.5 Å². The Morgan fingerprint density at radius 2 is 2.21 bits per heavy atom. The smallest absolute Gasteiger partial charge is 0.222 e. The van der Waals surface area contributed by atoms with Crippen LogP contribution in [-0.4, -0.2) is 37.8 Å². The maximum absolute atomic E-state index is 8.71. The zero-order valence-corrected chi connectivity index (χ0v) is 11.1. The van der Waals surface area contributed by atoms with E-state index in [0.29, 0.717) is 0 Å². The first-order valence-electron chi connectivity index (χ1n) is 6.51. The van der Waals surface area contributed by atoms with Crippen molar-refractivity contribution < 1.29 is 5.11 Å². The third kappa shape index (κ3) is 3.39. The summed E-state index contributed by atoms with van der Waals surface area (Å²) in [6.07, 6.45) is 6.37. The first-order chi connectivity index (χ1) is 9.22. The quantitative estimate of drug-likeness (QED) is 0.636. The van der Waals surface area contributed by atoms with E-state index >= 15 is 0 Å². The lowest BCUT2D eigenvalue weighted by atomic mass is 10.2. The Morgan fingerprint density at radius 1 is 1.37 bits per heavy atom. The third-order valence-electron chi connectivity index (χ3n) is 3.03. The Labute approximate surface area is 111 Å². The fourth-order valence-electron chi connectivity index (χ4n) is 1.95. The molecular weight excluding hydrogens is 244 g/mol. The van der Waals surface area contributed by atoms with Crippen molar-refractivity contribution in [3.05, 3.63) is 12.5 Å². The second kappa shape index (κ2) is 6.44. The highest BCUT2D eigenvalue weighted by Crippen LogP contribution is 2.14. The molecule has 0 aliphatic rings. The van der Waals surface area contributed by atoms with E-state index in [4.69, 9.17) is 10.8 Å². The summed E-state index contributed by atoms with van der Waals surface area (Å²) in [6, 6.07) is 0. The Bertz CT molecular complexity index is 526. The van der Waals surface area contributed by atoms with Crippen molar-refractivity contribution in [1.82, 2.24) is 24.8 Å². The number of imidazole rings is 1. The number of unbranched alkanes of at least 4 members (excludes halogenated alkanes) is 2. The number of nitrogens with two attached hydrogens (primary N) is 1. The Balaban J connectivity index is 1.97. The summed E-state index contributed by atoms with van der Waals surface area (Å²) < 4.78 is 1.94. The lowest BCUT2D eigenvalue weighted by Gasteiger charge is -2.15. The van der Waals surface area contributed by atoms with Crippen molar-refractivity contribution in [2.45, 2.75) is 32.4 Å². The van der Waals surface area contributed by atoms with Gasteiger partial charge in [-0.15, -0.1) is 0 Å². The summed E-state index contributed by atoms with van der Waals surface area (Å²) in [5.41, 5.74) is 7.08. The Morgan fingerprint density at radius 3 is 3.00 bits per heavy atom. The van der Waals surface area contributed by atoms with E-state index in [1.54, 1.807) is 12.5 Å². The monoisotopic (exact) mass is 264 g/mol. The van der Waals surface area contributed by atoms with Crippen LogP contribution in [0.4, 0.5) is 5.95 Å². The fraction of sp³-hybridized carbons (Fsp3) is 0.583. The minimum absolute atomic E-state index is 0.0911. The number of nitrogens with one attached hydrogen (secondary N) is 1. The predicted molar refractivity (Wildman–Crippen MR) is 73.4 cm³/mol. The zero-order chi connectivity index (χ0) is 13.7. The van der Waals surface area contributed by atoms with E-state index in [1.165, 1.54) is 0 Å². The average molecular weight is 264 g/mol. The van der Waals surface area contributed by atoms with Crippen molar-refractivity contribution >= 4 is 17.1 Å². The summed E-state index contributed by atoms with van der Waals surface area (Å²) in [7, 11) is 0. The molecule has 0 aromatic carbocycles. The number of hydrogen-bond donors (Lipinski definition) is 3. The third-order valence-corrected chi connectivity index (χ3v) is 3.03. The molecule has 0 saturated carbocycles. The van der Waals surface area contributed by atoms with Crippen molar-refractivity contribution in [1.29, 1.82) is 0 Å². The summed E-state index contributed by atoms with van der Waals surface area (Å²) in [5.74, 6) is 0.254. The van der Waals surface area contributed by atoms with Gasteiger partial charge in [-0.3, -0.25) is 9.88 Å². The van der Waals surface area contributed by atoms with Gasteiger partial charge < -0.3 is 10.8 Å². The highest BCUT2D eigenvalue weighted by atomic mass is 16.2. The molecule has 0 bridgehead atoms. The van der Waals surface area contributed by atoms with Crippen molar-refractivity contribution in [3.8, 4) is 0 Å². The van der Waals surface area contributed by atoms with E-state index in [2.05, 4.69) is 20.3 Å². The normalized spacial score (nSPS) is 12.9. The molecule has 2 rings (SSSR count). The Hall–Kier alpha value is -1.73. The van der Waals surface area contributed by atoms with Crippen LogP contribution in [0.2, 0.25) is 0 Å². The molecule has 1 unspecified atom stereocenters. The number of aliphatic hydroxyl groups excluding tert-OH is 1. The number of aliphatic hydroxyl groups is 1. The molecule has 0 aliphatic heterocycles. The maximum Gasteiger partial charge on any atom is 0.222 e. The number of nitrogen functional groups attached to an aromatic ring is 1. The van der Waals surface area contributed by atoms with Gasteiger partial charge >= 0.3 is 0 Å². The number of nitrogens with zero attached hydrogens (tertiary/aromatic N) is 4. The van der Waals surface area contributed by atoms with Gasteiger partial charge in [-0.05, 0) is 32.7 Å². The zero-order valence-electron chi connectivity index (χ0n) is 11.1. The van der Waals surface area contributed by atoms with Gasteiger partial charge in [0.2, 0.25) is 5.95 Å². The highest BCUT2D eigenvalue weighted by Gasteiger charge is 2.10. The minimum atomic E-state index is 0.0911. The standard InChI is InChI=1S/C12H20N6O/c1-9(14-5-3-2-4-6-19)18-8-16-10-7-15-12(13)17-11(10)18/h7-9,14,19H,2-6H2,1H3,(H2,13,15,17). The van der Waals surface area contributed by atoms with Crippen LogP contribution in [0.5, 0.6) is 0 Å². The van der Waals surface area contributed by atoms with Crippen LogP contribution in [0.1, 0.15) is 32.4 Å². The number of aromatic nitrogens is 4. The van der Waals surface area contributed by atoms with Gasteiger partial charge in [0.1, 0.15) is 5.52 Å². The van der Waals surface area contributed by atoms with Crippen molar-refractivity contribution in [3.63, 3.8) is 0 Å². The van der Waals surface area contributed by atoms with Crippen LogP contribution >= 0.6 is 0 Å². The molecule has 7 nitrogen and oxygen atoms in total. The van der Waals surface area contributed by atoms with Gasteiger partial charge in [0, 0.05) is 6.61 Å². The minimum Gasteiger partial charge on any atom is -0.396 e. The molecule has 4 N–H and O–H groups in total. The SMILES string of the molecule is CC(NCCCCCO)n1cnc2cnc(N)nc21. The molecular formula is C12H20N6O. The molecule has 19 heavy (non-hydrogen) atoms. The van der Waals surface area contributed by atoms with Crippen LogP contribution in [0.15, 0.2) is 12.5 Å². The van der Waals surface area contributed by atoms with Crippen LogP contribution < -0.4 is 11.1 Å². The van der Waals surface area contributed by atoms with Gasteiger partial charge in [-0.1, -0.05) is 0 Å². The van der Waals surface area contributed by atoms with E-state index in [-0.39, 0.29) is 18.7 Å². The molecule has 0 aliphatic carbocycles. The topological polar surface area (TPSA) is 102 Å². The summed E-state index contributed by atoms with van der Waals surface area (Å²) in [4.78, 5) is 12.4. The highest BCUT2D eigenvalue weighted by molar-refractivity contribution is 5.70. The number of hydrogen-bond acceptors (Lipinski definition) is 6. The van der Waals surface area contributed by atoms with E-state index in [9.17, 15) is 0 Å². The van der Waals surface area contributed by atoms with Gasteiger partial charge in [-0.25, -0.2) is 9.97 Å². The second-order valence-corrected chi connectivity index (χ2v) is 4.50. The average Bonchev–Trinajstić information content (AvgIpc) is 2.81. The van der Waals surface area contributed by atoms with Crippen LogP contribution in [0.3, 0.4) is 0 Å². The molecule has 0 amide bonds. The summed E-state index contributed by atoms with van der Waals surface area (Å²) in [5, 5.41) is 12.1. The van der Waals surface area contributed by atoms with Crippen molar-refractivity contribution in [2.75, 3.05) is 18.9 Å². The molecule has 104 valence electrons. The molecule has 7 heteroatoms. The maximum atomic E-state index is 8.71. The van der Waals surface area contributed by atoms with E-state index in [0.717, 1.165) is 37.0 Å². The fourth-order valence-corrected chi connectivity index (χ4v) is 1.95. The molecule has 0 spiro atoms. The van der Waals surface area contributed by atoms with Crippen molar-refractivity contribution in [2.24, 2.45) is 0 Å². The Kier molecular flexibility index (Phi) is 4.64.